The summed E-state index contributed by atoms with van der Waals surface area (Å²) in [6.07, 6.45) is 3.36. The number of pyridine rings is 1. The van der Waals surface area contributed by atoms with Crippen LogP contribution in [0, 0.1) is 0 Å². The van der Waals surface area contributed by atoms with E-state index >= 15 is 0 Å². The Labute approximate surface area is 223 Å². The normalized spacial score (nSPS) is 12.2. The maximum absolute atomic E-state index is 12.5. The number of thiocarbonyl (C=S) groups is 1. The molecule has 7 nitrogen and oxygen atoms in total. The summed E-state index contributed by atoms with van der Waals surface area (Å²) in [5.74, 6) is -1.03. The smallest absolute Gasteiger partial charge is 0.304 e. The Hall–Kier alpha value is -2.91. The van der Waals surface area contributed by atoms with Crippen molar-refractivity contribution in [2.45, 2.75) is 16.9 Å². The first-order valence-electron chi connectivity index (χ1n) is 10.3. The minimum atomic E-state index is -1.97. The van der Waals surface area contributed by atoms with Crippen molar-refractivity contribution >= 4 is 86.7 Å². The molecule has 2 aromatic carbocycles. The fourth-order valence-corrected chi connectivity index (χ4v) is 3.62. The van der Waals surface area contributed by atoms with E-state index in [1.54, 1.807) is 24.4 Å². The molecule has 1 unspecified atom stereocenters. The predicted octanol–water partition coefficient (Wildman–Crippen LogP) is 4.96. The number of alkyl halides is 3. The highest BCUT2D eigenvalue weighted by Crippen LogP contribution is 2.30. The number of carbonyl (C=O) groups excluding carboxylic acids is 2. The van der Waals surface area contributed by atoms with Gasteiger partial charge in [0.15, 0.2) is 11.8 Å². The number of rotatable bonds is 7. The van der Waals surface area contributed by atoms with Gasteiger partial charge in [-0.2, -0.15) is 0 Å². The summed E-state index contributed by atoms with van der Waals surface area (Å²) >= 11 is 24.0. The monoisotopic (exact) mass is 550 g/mol. The summed E-state index contributed by atoms with van der Waals surface area (Å²) in [7, 11) is 0. The molecule has 3 rings (SSSR count). The Morgan fingerprint density at radius 3 is 2.49 bits per heavy atom. The Morgan fingerprint density at radius 1 is 1.09 bits per heavy atom. The van der Waals surface area contributed by atoms with E-state index in [2.05, 4.69) is 15.6 Å². The number of para-hydroxylation sites is 1. The molecule has 0 aliphatic carbocycles. The van der Waals surface area contributed by atoms with Crippen molar-refractivity contribution in [3.63, 3.8) is 0 Å². The standard InChI is InChI=1S/C24H21Cl3N4O3S/c1-16(32)34-15-31(19-11-5-9-18-10-6-14-28-21(18)19)23(35)30-22(24(25,26)27)29-20(33)13-12-17-7-3-2-4-8-17/h2-14,22H,15H2,1H3,(H,29,33)(H,30,35)/b13-12+. The van der Waals surface area contributed by atoms with Crippen LogP contribution in [0.25, 0.3) is 17.0 Å². The number of esters is 1. The van der Waals surface area contributed by atoms with Crippen LogP contribution < -0.4 is 15.5 Å². The van der Waals surface area contributed by atoms with Crippen LogP contribution in [0.15, 0.2) is 72.9 Å². The van der Waals surface area contributed by atoms with Crippen LogP contribution in [0.1, 0.15) is 12.5 Å². The van der Waals surface area contributed by atoms with E-state index in [4.69, 9.17) is 51.8 Å². The highest BCUT2D eigenvalue weighted by atomic mass is 35.6. The minimum Gasteiger partial charge on any atom is -0.444 e. The van der Waals surface area contributed by atoms with Crippen LogP contribution in [0.2, 0.25) is 0 Å². The third-order valence-electron chi connectivity index (χ3n) is 4.65. The number of fused-ring (bicyclic) bond motifs is 1. The molecule has 1 atom stereocenters. The molecule has 0 fully saturated rings. The van der Waals surface area contributed by atoms with Crippen molar-refractivity contribution in [1.29, 1.82) is 0 Å². The number of nitrogens with zero attached hydrogens (tertiary/aromatic N) is 2. The van der Waals surface area contributed by atoms with Crippen molar-refractivity contribution in [2.75, 3.05) is 11.6 Å². The molecule has 1 heterocycles. The van der Waals surface area contributed by atoms with Gasteiger partial charge >= 0.3 is 5.97 Å². The zero-order chi connectivity index (χ0) is 25.4. The topological polar surface area (TPSA) is 83.6 Å². The van der Waals surface area contributed by atoms with E-state index in [0.717, 1.165) is 10.9 Å². The van der Waals surface area contributed by atoms with Gasteiger partial charge < -0.3 is 15.4 Å². The van der Waals surface area contributed by atoms with Crippen molar-refractivity contribution in [3.8, 4) is 0 Å². The molecule has 0 bridgehead atoms. The highest BCUT2D eigenvalue weighted by molar-refractivity contribution is 7.80. The van der Waals surface area contributed by atoms with Gasteiger partial charge in [-0.15, -0.1) is 0 Å². The van der Waals surface area contributed by atoms with E-state index in [9.17, 15) is 9.59 Å². The van der Waals surface area contributed by atoms with E-state index in [-0.39, 0.29) is 11.8 Å². The number of carbonyl (C=O) groups is 2. The molecular formula is C24H21Cl3N4O3S. The van der Waals surface area contributed by atoms with Gasteiger partial charge in [-0.3, -0.25) is 19.5 Å². The molecule has 35 heavy (non-hydrogen) atoms. The molecule has 0 aliphatic rings. The lowest BCUT2D eigenvalue weighted by Gasteiger charge is -2.32. The molecule has 0 spiro atoms. The molecule has 0 saturated carbocycles. The SMILES string of the molecule is CC(=O)OCN(C(=S)NC(NC(=O)/C=C/c1ccccc1)C(Cl)(Cl)Cl)c1cccc2cccnc12. The van der Waals surface area contributed by atoms with Gasteiger partial charge in [0.05, 0.1) is 11.2 Å². The number of halogens is 3. The summed E-state index contributed by atoms with van der Waals surface area (Å²) < 4.78 is 3.23. The predicted molar refractivity (Wildman–Crippen MR) is 144 cm³/mol. The third-order valence-corrected chi connectivity index (χ3v) is 5.65. The highest BCUT2D eigenvalue weighted by Gasteiger charge is 2.35. The van der Waals surface area contributed by atoms with Crippen LogP contribution in [0.5, 0.6) is 0 Å². The van der Waals surface area contributed by atoms with Crippen LogP contribution in [-0.4, -0.2) is 38.7 Å². The number of amides is 1. The fourth-order valence-electron chi connectivity index (χ4n) is 3.03. The Morgan fingerprint density at radius 2 is 1.80 bits per heavy atom. The quantitative estimate of drug-likeness (QED) is 0.141. The molecule has 3 aromatic rings. The van der Waals surface area contributed by atoms with Crippen LogP contribution in [-0.2, 0) is 14.3 Å². The summed E-state index contributed by atoms with van der Waals surface area (Å²) in [4.78, 5) is 30.0. The first kappa shape index (κ1) is 26.7. The minimum absolute atomic E-state index is 0.0352. The second kappa shape index (κ2) is 12.2. The second-order valence-electron chi connectivity index (χ2n) is 7.22. The van der Waals surface area contributed by atoms with Gasteiger partial charge in [0.25, 0.3) is 0 Å². The molecule has 0 aliphatic heterocycles. The Balaban J connectivity index is 1.84. The largest absolute Gasteiger partial charge is 0.444 e. The van der Waals surface area contributed by atoms with Crippen LogP contribution in [0.4, 0.5) is 5.69 Å². The summed E-state index contributed by atoms with van der Waals surface area (Å²) in [5, 5.41) is 6.33. The average molecular weight is 552 g/mol. The van der Waals surface area contributed by atoms with E-state index in [1.165, 1.54) is 17.9 Å². The van der Waals surface area contributed by atoms with Crippen LogP contribution >= 0.6 is 47.0 Å². The Kier molecular flexibility index (Phi) is 9.28. The number of hydrogen-bond acceptors (Lipinski definition) is 5. The van der Waals surface area contributed by atoms with Gasteiger partial charge in [-0.1, -0.05) is 83.3 Å². The first-order valence-corrected chi connectivity index (χ1v) is 11.8. The van der Waals surface area contributed by atoms with Crippen LogP contribution in [0.3, 0.4) is 0 Å². The average Bonchev–Trinajstić information content (AvgIpc) is 2.82. The maximum atomic E-state index is 12.5. The van der Waals surface area contributed by atoms with Gasteiger partial charge in [0.2, 0.25) is 9.70 Å². The van der Waals surface area contributed by atoms with Crippen molar-refractivity contribution in [3.05, 3.63) is 78.5 Å². The summed E-state index contributed by atoms with van der Waals surface area (Å²) in [5.41, 5.74) is 2.00. The van der Waals surface area contributed by atoms with Crippen molar-refractivity contribution in [2.24, 2.45) is 0 Å². The third kappa shape index (κ3) is 7.80. The lowest BCUT2D eigenvalue weighted by Crippen LogP contribution is -2.58. The number of anilines is 1. The summed E-state index contributed by atoms with van der Waals surface area (Å²) in [6, 6.07) is 18.4. The number of nitrogens with one attached hydrogen (secondary N) is 2. The van der Waals surface area contributed by atoms with E-state index in [1.807, 2.05) is 48.5 Å². The summed E-state index contributed by atoms with van der Waals surface area (Å²) in [6.45, 7) is 1.05. The number of aromatic nitrogens is 1. The lowest BCUT2D eigenvalue weighted by molar-refractivity contribution is -0.140. The zero-order valence-corrected chi connectivity index (χ0v) is 21.5. The first-order chi connectivity index (χ1) is 16.6. The second-order valence-corrected chi connectivity index (χ2v) is 9.98. The molecule has 11 heteroatoms. The van der Waals surface area contributed by atoms with Gasteiger partial charge in [0, 0.05) is 24.6 Å². The van der Waals surface area contributed by atoms with E-state index < -0.39 is 21.8 Å². The molecule has 182 valence electrons. The number of hydrogen-bond donors (Lipinski definition) is 2. The van der Waals surface area contributed by atoms with Gasteiger partial charge in [0.1, 0.15) is 6.17 Å². The molecule has 0 radical (unpaired) electrons. The van der Waals surface area contributed by atoms with Gasteiger partial charge in [-0.25, -0.2) is 0 Å². The maximum Gasteiger partial charge on any atom is 0.304 e. The molecule has 1 aromatic heterocycles. The number of benzene rings is 2. The zero-order valence-electron chi connectivity index (χ0n) is 18.5. The molecular weight excluding hydrogens is 531 g/mol. The Bertz CT molecular complexity index is 1230. The van der Waals surface area contributed by atoms with E-state index in [0.29, 0.717) is 11.2 Å². The number of ether oxygens (including phenoxy) is 1. The van der Waals surface area contributed by atoms with Crippen molar-refractivity contribution in [1.82, 2.24) is 15.6 Å². The molecule has 1 amide bonds. The molecule has 0 saturated heterocycles. The van der Waals surface area contributed by atoms with Gasteiger partial charge in [-0.05, 0) is 36.0 Å². The lowest BCUT2D eigenvalue weighted by atomic mass is 10.2. The molecule has 2 N–H and O–H groups in total. The van der Waals surface area contributed by atoms with Crippen molar-refractivity contribution < 1.29 is 14.3 Å². The fraction of sp³-hybridized carbons (Fsp3) is 0.167.